The number of benzene rings is 2. The van der Waals surface area contributed by atoms with Crippen molar-refractivity contribution in [3.63, 3.8) is 0 Å². The molecule has 134 valence electrons. The lowest BCUT2D eigenvalue weighted by Crippen LogP contribution is -2.24. The largest absolute Gasteiger partial charge is 0.416 e. The molecule has 2 aromatic carbocycles. The molecule has 0 radical (unpaired) electrons. The van der Waals surface area contributed by atoms with Gasteiger partial charge in [-0.1, -0.05) is 42.5 Å². The first-order chi connectivity index (χ1) is 12.4. The summed E-state index contributed by atoms with van der Waals surface area (Å²) in [5.41, 5.74) is 2.33. The maximum absolute atomic E-state index is 12.7. The van der Waals surface area contributed by atoms with E-state index in [0.717, 1.165) is 29.0 Å². The van der Waals surface area contributed by atoms with Gasteiger partial charge in [-0.2, -0.15) is 18.3 Å². The van der Waals surface area contributed by atoms with Crippen LogP contribution in [0.5, 0.6) is 0 Å². The number of hydrogen-bond acceptors (Lipinski definition) is 2. The molecule has 0 aliphatic heterocycles. The van der Waals surface area contributed by atoms with Gasteiger partial charge in [0.05, 0.1) is 17.7 Å². The van der Waals surface area contributed by atoms with E-state index in [2.05, 4.69) is 15.5 Å². The lowest BCUT2D eigenvalue weighted by molar-refractivity contribution is -0.137. The van der Waals surface area contributed by atoms with Crippen LogP contribution in [-0.2, 0) is 23.9 Å². The fourth-order valence-electron chi connectivity index (χ4n) is 2.52. The second kappa shape index (κ2) is 7.43. The van der Waals surface area contributed by atoms with Crippen molar-refractivity contribution in [3.8, 4) is 11.3 Å². The second-order valence-corrected chi connectivity index (χ2v) is 5.82. The number of nitrogens with one attached hydrogen (secondary N) is 2. The summed E-state index contributed by atoms with van der Waals surface area (Å²) in [4.78, 5) is 12.0. The minimum absolute atomic E-state index is 0.101. The van der Waals surface area contributed by atoms with Gasteiger partial charge in [0, 0.05) is 12.7 Å². The lowest BCUT2D eigenvalue weighted by atomic mass is 10.1. The van der Waals surface area contributed by atoms with Gasteiger partial charge in [-0.3, -0.25) is 9.89 Å². The zero-order valence-corrected chi connectivity index (χ0v) is 13.7. The van der Waals surface area contributed by atoms with Crippen LogP contribution in [0.3, 0.4) is 0 Å². The molecule has 0 spiro atoms. The molecule has 0 unspecified atom stereocenters. The van der Waals surface area contributed by atoms with Crippen molar-refractivity contribution in [2.24, 2.45) is 0 Å². The molecule has 0 saturated heterocycles. The number of aromatic nitrogens is 2. The molecule has 7 heteroatoms. The quantitative estimate of drug-likeness (QED) is 0.725. The zero-order valence-electron chi connectivity index (χ0n) is 13.7. The van der Waals surface area contributed by atoms with Gasteiger partial charge < -0.3 is 5.32 Å². The molecular weight excluding hydrogens is 343 g/mol. The highest BCUT2D eigenvalue weighted by atomic mass is 19.4. The number of carbonyl (C=O) groups excluding carboxylic acids is 1. The SMILES string of the molecule is O=C(Cc1cccc(C(F)(F)F)c1)NCc1ccc(-c2ccn[nH]2)cc1. The molecule has 4 nitrogen and oxygen atoms in total. The molecule has 0 fully saturated rings. The van der Waals surface area contributed by atoms with Crippen LogP contribution in [0.15, 0.2) is 60.8 Å². The third-order valence-corrected chi connectivity index (χ3v) is 3.87. The third-order valence-electron chi connectivity index (χ3n) is 3.87. The fourth-order valence-corrected chi connectivity index (χ4v) is 2.52. The Labute approximate surface area is 148 Å². The van der Waals surface area contributed by atoms with Gasteiger partial charge in [0.25, 0.3) is 0 Å². The van der Waals surface area contributed by atoms with E-state index >= 15 is 0 Å². The topological polar surface area (TPSA) is 57.8 Å². The van der Waals surface area contributed by atoms with E-state index in [-0.39, 0.29) is 12.3 Å². The molecule has 0 atom stereocenters. The summed E-state index contributed by atoms with van der Waals surface area (Å²) >= 11 is 0. The first-order valence-corrected chi connectivity index (χ1v) is 7.93. The van der Waals surface area contributed by atoms with Crippen molar-refractivity contribution in [1.29, 1.82) is 0 Å². The van der Waals surface area contributed by atoms with E-state index in [1.54, 1.807) is 6.20 Å². The molecule has 0 bridgehead atoms. The van der Waals surface area contributed by atoms with Gasteiger partial charge in [0.2, 0.25) is 5.91 Å². The van der Waals surface area contributed by atoms with Crippen molar-refractivity contribution in [2.45, 2.75) is 19.1 Å². The number of halogens is 3. The van der Waals surface area contributed by atoms with Gasteiger partial charge >= 0.3 is 6.18 Å². The summed E-state index contributed by atoms with van der Waals surface area (Å²) in [6.07, 6.45) is -2.85. The van der Waals surface area contributed by atoms with Gasteiger partial charge in [-0.05, 0) is 28.8 Å². The molecular formula is C19H16F3N3O. The van der Waals surface area contributed by atoms with Crippen molar-refractivity contribution in [3.05, 3.63) is 77.5 Å². The Morgan fingerprint density at radius 1 is 1.04 bits per heavy atom. The minimum atomic E-state index is -4.41. The summed E-state index contributed by atoms with van der Waals surface area (Å²) in [6.45, 7) is 0.307. The van der Waals surface area contributed by atoms with Crippen molar-refractivity contribution >= 4 is 5.91 Å². The van der Waals surface area contributed by atoms with E-state index in [4.69, 9.17) is 0 Å². The van der Waals surface area contributed by atoms with Crippen LogP contribution in [0.25, 0.3) is 11.3 Å². The predicted octanol–water partition coefficient (Wildman–Crippen LogP) is 3.95. The van der Waals surface area contributed by atoms with E-state index in [9.17, 15) is 18.0 Å². The van der Waals surface area contributed by atoms with Crippen molar-refractivity contribution < 1.29 is 18.0 Å². The van der Waals surface area contributed by atoms with Crippen molar-refractivity contribution in [1.82, 2.24) is 15.5 Å². The van der Waals surface area contributed by atoms with Gasteiger partial charge in [-0.25, -0.2) is 0 Å². The molecule has 1 heterocycles. The predicted molar refractivity (Wildman–Crippen MR) is 91.0 cm³/mol. The number of nitrogens with zero attached hydrogens (tertiary/aromatic N) is 1. The van der Waals surface area contributed by atoms with Crippen LogP contribution in [0.4, 0.5) is 13.2 Å². The van der Waals surface area contributed by atoms with Crippen molar-refractivity contribution in [2.75, 3.05) is 0 Å². The molecule has 1 aromatic heterocycles. The molecule has 1 amide bonds. The van der Waals surface area contributed by atoms with Crippen LogP contribution in [0.2, 0.25) is 0 Å². The van der Waals surface area contributed by atoms with Gasteiger partial charge in [-0.15, -0.1) is 0 Å². The van der Waals surface area contributed by atoms with Crippen LogP contribution in [0.1, 0.15) is 16.7 Å². The Kier molecular flexibility index (Phi) is 5.06. The number of alkyl halides is 3. The molecule has 0 aliphatic rings. The fraction of sp³-hybridized carbons (Fsp3) is 0.158. The summed E-state index contributed by atoms with van der Waals surface area (Å²) in [6, 6.07) is 14.2. The maximum Gasteiger partial charge on any atom is 0.416 e. The highest BCUT2D eigenvalue weighted by Gasteiger charge is 2.30. The smallest absolute Gasteiger partial charge is 0.352 e. The number of rotatable bonds is 5. The molecule has 3 rings (SSSR count). The van der Waals surface area contributed by atoms with Crippen LogP contribution in [0, 0.1) is 0 Å². The lowest BCUT2D eigenvalue weighted by Gasteiger charge is -2.09. The normalized spacial score (nSPS) is 11.3. The van der Waals surface area contributed by atoms with Crippen LogP contribution in [-0.4, -0.2) is 16.1 Å². The Morgan fingerprint density at radius 2 is 1.81 bits per heavy atom. The van der Waals surface area contributed by atoms with E-state index in [1.165, 1.54) is 12.1 Å². The highest BCUT2D eigenvalue weighted by Crippen LogP contribution is 2.29. The standard InChI is InChI=1S/C19H16F3N3O/c20-19(21,22)16-3-1-2-14(10-16)11-18(26)23-12-13-4-6-15(7-5-13)17-8-9-24-25-17/h1-10H,11-12H2,(H,23,26)(H,24,25). The zero-order chi connectivity index (χ0) is 18.6. The summed E-state index contributed by atoms with van der Waals surface area (Å²) in [5.74, 6) is -0.332. The molecule has 3 aromatic rings. The first kappa shape index (κ1) is 17.7. The van der Waals surface area contributed by atoms with Gasteiger partial charge in [0.15, 0.2) is 0 Å². The Bertz CT molecular complexity index is 872. The number of hydrogen-bond donors (Lipinski definition) is 2. The monoisotopic (exact) mass is 359 g/mol. The number of aromatic amines is 1. The van der Waals surface area contributed by atoms with E-state index in [0.29, 0.717) is 12.1 Å². The first-order valence-electron chi connectivity index (χ1n) is 7.93. The molecule has 26 heavy (non-hydrogen) atoms. The van der Waals surface area contributed by atoms with Gasteiger partial charge in [0.1, 0.15) is 0 Å². The Hall–Kier alpha value is -3.09. The average Bonchev–Trinajstić information content (AvgIpc) is 3.14. The molecule has 0 saturated carbocycles. The van der Waals surface area contributed by atoms with E-state index < -0.39 is 11.7 Å². The molecule has 2 N–H and O–H groups in total. The van der Waals surface area contributed by atoms with Crippen LogP contribution >= 0.6 is 0 Å². The van der Waals surface area contributed by atoms with Crippen LogP contribution < -0.4 is 5.32 Å². The number of H-pyrrole nitrogens is 1. The average molecular weight is 359 g/mol. The summed E-state index contributed by atoms with van der Waals surface area (Å²) < 4.78 is 38.1. The van der Waals surface area contributed by atoms with E-state index in [1.807, 2.05) is 30.3 Å². The molecule has 0 aliphatic carbocycles. The highest BCUT2D eigenvalue weighted by molar-refractivity contribution is 5.78. The summed E-state index contributed by atoms with van der Waals surface area (Å²) in [5, 5.41) is 9.47. The third kappa shape index (κ3) is 4.50. The summed E-state index contributed by atoms with van der Waals surface area (Å²) in [7, 11) is 0. The maximum atomic E-state index is 12.7. The second-order valence-electron chi connectivity index (χ2n) is 5.82. The Morgan fingerprint density at radius 3 is 2.46 bits per heavy atom. The number of carbonyl (C=O) groups is 1. The Balaban J connectivity index is 1.56. The minimum Gasteiger partial charge on any atom is -0.352 e. The number of amides is 1.